The molecule has 0 bridgehead atoms. The Bertz CT molecular complexity index is 671. The number of benzene rings is 1. The number of hydrogen-bond acceptors (Lipinski definition) is 5. The fourth-order valence-corrected chi connectivity index (χ4v) is 2.81. The Morgan fingerprint density at radius 3 is 2.52 bits per heavy atom. The molecular formula is C16H16O5. The summed E-state index contributed by atoms with van der Waals surface area (Å²) >= 11 is 0. The van der Waals surface area contributed by atoms with Crippen LogP contribution in [-0.2, 0) is 4.74 Å². The fourth-order valence-electron chi connectivity index (χ4n) is 2.81. The Morgan fingerprint density at radius 1 is 1.10 bits per heavy atom. The molecule has 5 heteroatoms. The van der Waals surface area contributed by atoms with E-state index in [1.54, 1.807) is 12.1 Å². The highest BCUT2D eigenvalue weighted by atomic mass is 16.5. The number of fused-ring (bicyclic) bond motifs is 1. The topological polar surface area (TPSA) is 61.8 Å². The average Bonchev–Trinajstić information content (AvgIpc) is 2.51. The smallest absolute Gasteiger partial charge is 0.196 e. The van der Waals surface area contributed by atoms with Crippen molar-refractivity contribution in [2.45, 2.75) is 19.4 Å². The molecule has 1 atom stereocenters. The van der Waals surface area contributed by atoms with Crippen LogP contribution in [-0.4, -0.2) is 38.5 Å². The first-order chi connectivity index (χ1) is 10.1. The second kappa shape index (κ2) is 5.00. The van der Waals surface area contributed by atoms with E-state index in [4.69, 9.17) is 14.2 Å². The fraction of sp³-hybridized carbons (Fsp3) is 0.375. The van der Waals surface area contributed by atoms with Crippen molar-refractivity contribution in [3.05, 3.63) is 34.4 Å². The second-order valence-electron chi connectivity index (χ2n) is 5.19. The van der Waals surface area contributed by atoms with Crippen molar-refractivity contribution in [2.75, 3.05) is 20.8 Å². The number of carbonyl (C=O) groups excluding carboxylic acids is 2. The summed E-state index contributed by atoms with van der Waals surface area (Å²) in [6, 6.07) is 3.21. The van der Waals surface area contributed by atoms with Gasteiger partial charge >= 0.3 is 0 Å². The lowest BCUT2D eigenvalue weighted by molar-refractivity contribution is 0.0615. The van der Waals surface area contributed by atoms with Crippen LogP contribution in [0.25, 0.3) is 0 Å². The molecule has 0 saturated carbocycles. The number of carbonyl (C=O) groups is 2. The van der Waals surface area contributed by atoms with Crippen molar-refractivity contribution in [3.63, 3.8) is 0 Å². The largest absolute Gasteiger partial charge is 0.497 e. The minimum absolute atomic E-state index is 0.0606. The average molecular weight is 288 g/mol. The van der Waals surface area contributed by atoms with Crippen molar-refractivity contribution in [3.8, 4) is 11.5 Å². The number of ketones is 2. The first-order valence-electron chi connectivity index (χ1n) is 6.75. The Labute approximate surface area is 122 Å². The number of rotatable bonds is 2. The Hall–Kier alpha value is -2.14. The Balaban J connectivity index is 2.21. The summed E-state index contributed by atoms with van der Waals surface area (Å²) in [4.78, 5) is 25.4. The van der Waals surface area contributed by atoms with E-state index in [-0.39, 0.29) is 24.3 Å². The summed E-state index contributed by atoms with van der Waals surface area (Å²) in [6.07, 6.45) is 0.397. The molecule has 1 aliphatic carbocycles. The molecule has 0 amide bonds. The standard InChI is InChI=1S/C16H16O5/c1-8-4-10-12(7-21-8)16(18)14-11(15(10)17)5-9(19-2)6-13(14)20-3/h5-6,8H,4,7H2,1-3H3/t8-/m0/s1. The van der Waals surface area contributed by atoms with Crippen molar-refractivity contribution >= 4 is 11.6 Å². The lowest BCUT2D eigenvalue weighted by Crippen LogP contribution is -2.32. The van der Waals surface area contributed by atoms with Crippen LogP contribution in [0.2, 0.25) is 0 Å². The van der Waals surface area contributed by atoms with E-state index in [0.717, 1.165) is 0 Å². The summed E-state index contributed by atoms with van der Waals surface area (Å²) in [5.74, 6) is 0.529. The summed E-state index contributed by atoms with van der Waals surface area (Å²) in [6.45, 7) is 2.07. The van der Waals surface area contributed by atoms with Gasteiger partial charge in [0.1, 0.15) is 11.5 Å². The van der Waals surface area contributed by atoms with Crippen LogP contribution in [0, 0.1) is 0 Å². The van der Waals surface area contributed by atoms with E-state index < -0.39 is 0 Å². The zero-order valence-electron chi connectivity index (χ0n) is 12.2. The summed E-state index contributed by atoms with van der Waals surface area (Å²) in [5.41, 5.74) is 1.67. The summed E-state index contributed by atoms with van der Waals surface area (Å²) < 4.78 is 15.9. The van der Waals surface area contributed by atoms with Gasteiger partial charge in [-0.05, 0) is 13.0 Å². The molecule has 0 spiro atoms. The molecule has 0 saturated heterocycles. The van der Waals surface area contributed by atoms with Gasteiger partial charge in [-0.3, -0.25) is 9.59 Å². The lowest BCUT2D eigenvalue weighted by atomic mass is 9.80. The maximum absolute atomic E-state index is 12.7. The van der Waals surface area contributed by atoms with Gasteiger partial charge in [-0.15, -0.1) is 0 Å². The highest BCUT2D eigenvalue weighted by molar-refractivity contribution is 6.28. The predicted octanol–water partition coefficient (Wildman–Crippen LogP) is 2.19. The van der Waals surface area contributed by atoms with Crippen LogP contribution < -0.4 is 9.47 Å². The van der Waals surface area contributed by atoms with E-state index in [1.807, 2.05) is 6.92 Å². The summed E-state index contributed by atoms with van der Waals surface area (Å²) in [7, 11) is 2.98. The molecule has 0 fully saturated rings. The number of ether oxygens (including phenoxy) is 3. The number of hydrogen-bond donors (Lipinski definition) is 0. The quantitative estimate of drug-likeness (QED) is 0.834. The van der Waals surface area contributed by atoms with Crippen LogP contribution in [0.4, 0.5) is 0 Å². The van der Waals surface area contributed by atoms with E-state index in [9.17, 15) is 9.59 Å². The molecule has 1 aliphatic heterocycles. The maximum Gasteiger partial charge on any atom is 0.196 e. The number of Topliss-reactive ketones (excluding diaryl/α,β-unsaturated/α-hetero) is 2. The monoisotopic (exact) mass is 288 g/mol. The molecule has 110 valence electrons. The van der Waals surface area contributed by atoms with Crippen molar-refractivity contribution in [2.24, 2.45) is 0 Å². The van der Waals surface area contributed by atoms with E-state index in [0.29, 0.717) is 40.2 Å². The van der Waals surface area contributed by atoms with E-state index in [1.165, 1.54) is 14.2 Å². The van der Waals surface area contributed by atoms with E-state index in [2.05, 4.69) is 0 Å². The molecule has 1 heterocycles. The predicted molar refractivity (Wildman–Crippen MR) is 75.3 cm³/mol. The molecule has 0 aromatic heterocycles. The molecule has 1 aromatic carbocycles. The first-order valence-corrected chi connectivity index (χ1v) is 6.75. The van der Waals surface area contributed by atoms with Crippen LogP contribution >= 0.6 is 0 Å². The van der Waals surface area contributed by atoms with Crippen molar-refractivity contribution < 1.29 is 23.8 Å². The second-order valence-corrected chi connectivity index (χ2v) is 5.19. The van der Waals surface area contributed by atoms with Gasteiger partial charge in [-0.1, -0.05) is 0 Å². The molecule has 21 heavy (non-hydrogen) atoms. The third kappa shape index (κ3) is 2.05. The molecule has 0 radical (unpaired) electrons. The van der Waals surface area contributed by atoms with Gasteiger partial charge < -0.3 is 14.2 Å². The van der Waals surface area contributed by atoms with Gasteiger partial charge in [0.15, 0.2) is 11.6 Å². The van der Waals surface area contributed by atoms with Crippen molar-refractivity contribution in [1.29, 1.82) is 0 Å². The molecule has 0 unspecified atom stereocenters. The van der Waals surface area contributed by atoms with Gasteiger partial charge in [0.25, 0.3) is 0 Å². The summed E-state index contributed by atoms with van der Waals surface area (Å²) in [5, 5.41) is 0. The van der Waals surface area contributed by atoms with Crippen LogP contribution in [0.3, 0.4) is 0 Å². The minimum Gasteiger partial charge on any atom is -0.497 e. The van der Waals surface area contributed by atoms with E-state index >= 15 is 0 Å². The molecule has 0 N–H and O–H groups in total. The van der Waals surface area contributed by atoms with Crippen LogP contribution in [0.1, 0.15) is 34.1 Å². The maximum atomic E-state index is 12.7. The van der Waals surface area contributed by atoms with Gasteiger partial charge in [-0.2, -0.15) is 0 Å². The Kier molecular flexibility index (Phi) is 3.29. The van der Waals surface area contributed by atoms with Gasteiger partial charge in [0.05, 0.1) is 32.5 Å². The zero-order chi connectivity index (χ0) is 15.1. The molecule has 2 aliphatic rings. The molecular weight excluding hydrogens is 272 g/mol. The highest BCUT2D eigenvalue weighted by Gasteiger charge is 2.37. The third-order valence-electron chi connectivity index (χ3n) is 3.92. The molecule has 3 rings (SSSR count). The van der Waals surface area contributed by atoms with Gasteiger partial charge in [0, 0.05) is 29.2 Å². The highest BCUT2D eigenvalue weighted by Crippen LogP contribution is 2.38. The first kappa shape index (κ1) is 13.8. The Morgan fingerprint density at radius 2 is 1.86 bits per heavy atom. The SMILES string of the molecule is COc1cc(OC)c2c(c1)C(=O)C1=C(CO[C@@H](C)C1)C2=O. The third-order valence-corrected chi connectivity index (χ3v) is 3.92. The molecule has 1 aromatic rings. The van der Waals surface area contributed by atoms with Crippen LogP contribution in [0.15, 0.2) is 23.3 Å². The molecule has 5 nitrogen and oxygen atoms in total. The van der Waals surface area contributed by atoms with Gasteiger partial charge in [-0.25, -0.2) is 0 Å². The zero-order valence-corrected chi connectivity index (χ0v) is 12.2. The van der Waals surface area contributed by atoms with Crippen LogP contribution in [0.5, 0.6) is 11.5 Å². The minimum atomic E-state index is -0.189. The lowest BCUT2D eigenvalue weighted by Gasteiger charge is -2.29. The number of methoxy groups -OCH3 is 2. The van der Waals surface area contributed by atoms with Crippen molar-refractivity contribution in [1.82, 2.24) is 0 Å². The van der Waals surface area contributed by atoms with Gasteiger partial charge in [0.2, 0.25) is 0 Å². The normalized spacial score (nSPS) is 21.0.